The summed E-state index contributed by atoms with van der Waals surface area (Å²) < 4.78 is 1.76. The molecule has 0 bridgehead atoms. The molecule has 0 atom stereocenters. The highest BCUT2D eigenvalue weighted by molar-refractivity contribution is 5.35. The highest BCUT2D eigenvalue weighted by atomic mass is 15.3. The molecule has 1 heterocycles. The molecule has 54 valence electrons. The quantitative estimate of drug-likeness (QED) is 0.617. The van der Waals surface area contributed by atoms with Gasteiger partial charge in [-0.15, -0.1) is 6.58 Å². The first-order chi connectivity index (χ1) is 4.74. The standard InChI is InChI=1S/C7H11N3/c1-3-4-10-5-6(2)7(8)9-10/h3,5H,1,4H2,2H3,(H2,8,9). The van der Waals surface area contributed by atoms with Gasteiger partial charge in [-0.3, -0.25) is 4.68 Å². The molecule has 1 rings (SSSR count). The Labute approximate surface area is 60.1 Å². The van der Waals surface area contributed by atoms with Crippen LogP contribution < -0.4 is 5.73 Å². The van der Waals surface area contributed by atoms with Crippen molar-refractivity contribution in [2.45, 2.75) is 13.5 Å². The Morgan fingerprint density at radius 1 is 1.90 bits per heavy atom. The monoisotopic (exact) mass is 137 g/mol. The van der Waals surface area contributed by atoms with Crippen molar-refractivity contribution >= 4 is 5.82 Å². The molecule has 1 aromatic rings. The van der Waals surface area contributed by atoms with Crippen molar-refractivity contribution in [3.63, 3.8) is 0 Å². The molecule has 0 spiro atoms. The van der Waals surface area contributed by atoms with Crippen LogP contribution in [-0.2, 0) is 6.54 Å². The smallest absolute Gasteiger partial charge is 0.148 e. The van der Waals surface area contributed by atoms with E-state index in [4.69, 9.17) is 5.73 Å². The molecule has 0 fully saturated rings. The Kier molecular flexibility index (Phi) is 1.76. The van der Waals surface area contributed by atoms with Crippen molar-refractivity contribution in [3.05, 3.63) is 24.4 Å². The third-order valence-corrected chi connectivity index (χ3v) is 1.30. The summed E-state index contributed by atoms with van der Waals surface area (Å²) >= 11 is 0. The zero-order valence-corrected chi connectivity index (χ0v) is 6.04. The summed E-state index contributed by atoms with van der Waals surface area (Å²) in [5.74, 6) is 0.599. The van der Waals surface area contributed by atoms with Crippen LogP contribution in [0.5, 0.6) is 0 Å². The first-order valence-electron chi connectivity index (χ1n) is 3.14. The highest BCUT2D eigenvalue weighted by Gasteiger charge is 1.96. The van der Waals surface area contributed by atoms with Crippen molar-refractivity contribution in [1.29, 1.82) is 0 Å². The largest absolute Gasteiger partial charge is 0.382 e. The second-order valence-corrected chi connectivity index (χ2v) is 2.21. The van der Waals surface area contributed by atoms with E-state index in [1.165, 1.54) is 0 Å². The van der Waals surface area contributed by atoms with Gasteiger partial charge in [-0.25, -0.2) is 0 Å². The van der Waals surface area contributed by atoms with Crippen molar-refractivity contribution in [1.82, 2.24) is 9.78 Å². The summed E-state index contributed by atoms with van der Waals surface area (Å²) in [6, 6.07) is 0. The molecule has 0 aromatic carbocycles. The van der Waals surface area contributed by atoms with E-state index in [0.29, 0.717) is 5.82 Å². The van der Waals surface area contributed by atoms with E-state index in [1.807, 2.05) is 13.1 Å². The lowest BCUT2D eigenvalue weighted by molar-refractivity contribution is 0.706. The topological polar surface area (TPSA) is 43.8 Å². The number of hydrogen-bond acceptors (Lipinski definition) is 2. The number of nitrogens with zero attached hydrogens (tertiary/aromatic N) is 2. The lowest BCUT2D eigenvalue weighted by Crippen LogP contribution is -1.96. The second-order valence-electron chi connectivity index (χ2n) is 2.21. The van der Waals surface area contributed by atoms with E-state index in [1.54, 1.807) is 10.8 Å². The van der Waals surface area contributed by atoms with Crippen LogP contribution >= 0.6 is 0 Å². The molecule has 10 heavy (non-hydrogen) atoms. The van der Waals surface area contributed by atoms with E-state index < -0.39 is 0 Å². The highest BCUT2D eigenvalue weighted by Crippen LogP contribution is 2.05. The van der Waals surface area contributed by atoms with Gasteiger partial charge >= 0.3 is 0 Å². The Hall–Kier alpha value is -1.25. The average molecular weight is 137 g/mol. The van der Waals surface area contributed by atoms with Gasteiger partial charge in [0.25, 0.3) is 0 Å². The molecule has 0 amide bonds. The summed E-state index contributed by atoms with van der Waals surface area (Å²) in [6.07, 6.45) is 3.68. The number of nitrogen functional groups attached to an aromatic ring is 1. The van der Waals surface area contributed by atoms with Gasteiger partial charge in [0.15, 0.2) is 0 Å². The molecule has 0 aliphatic carbocycles. The maximum Gasteiger partial charge on any atom is 0.148 e. The van der Waals surface area contributed by atoms with E-state index in [0.717, 1.165) is 12.1 Å². The van der Waals surface area contributed by atoms with Crippen LogP contribution in [0.1, 0.15) is 5.56 Å². The minimum atomic E-state index is 0.599. The normalized spacial score (nSPS) is 9.70. The molecular formula is C7H11N3. The Morgan fingerprint density at radius 3 is 3.00 bits per heavy atom. The van der Waals surface area contributed by atoms with Crippen LogP contribution in [0.15, 0.2) is 18.9 Å². The lowest BCUT2D eigenvalue weighted by Gasteiger charge is -1.90. The van der Waals surface area contributed by atoms with Gasteiger partial charge in [-0.05, 0) is 6.92 Å². The molecule has 0 radical (unpaired) electrons. The van der Waals surface area contributed by atoms with Crippen LogP contribution in [0, 0.1) is 6.92 Å². The third-order valence-electron chi connectivity index (χ3n) is 1.30. The predicted octanol–water partition coefficient (Wildman–Crippen LogP) is 0.960. The molecule has 0 aliphatic rings. The average Bonchev–Trinajstić information content (AvgIpc) is 2.14. The summed E-state index contributed by atoms with van der Waals surface area (Å²) in [5.41, 5.74) is 6.52. The lowest BCUT2D eigenvalue weighted by atomic mass is 10.4. The molecule has 0 unspecified atom stereocenters. The third kappa shape index (κ3) is 1.18. The van der Waals surface area contributed by atoms with Crippen molar-refractivity contribution in [2.75, 3.05) is 5.73 Å². The number of hydrogen-bond donors (Lipinski definition) is 1. The Morgan fingerprint density at radius 2 is 2.60 bits per heavy atom. The van der Waals surface area contributed by atoms with Crippen LogP contribution in [0.3, 0.4) is 0 Å². The van der Waals surface area contributed by atoms with Crippen LogP contribution in [0.25, 0.3) is 0 Å². The van der Waals surface area contributed by atoms with E-state index in [9.17, 15) is 0 Å². The Bertz CT molecular complexity index is 217. The minimum Gasteiger partial charge on any atom is -0.382 e. The van der Waals surface area contributed by atoms with Gasteiger partial charge in [0.05, 0.1) is 6.54 Å². The first kappa shape index (κ1) is 6.86. The van der Waals surface area contributed by atoms with Crippen molar-refractivity contribution < 1.29 is 0 Å². The maximum atomic E-state index is 5.50. The SMILES string of the molecule is C=CCn1cc(C)c(N)n1. The molecule has 0 aliphatic heterocycles. The van der Waals surface area contributed by atoms with E-state index in [2.05, 4.69) is 11.7 Å². The fourth-order valence-electron chi connectivity index (χ4n) is 0.762. The predicted molar refractivity (Wildman–Crippen MR) is 41.6 cm³/mol. The summed E-state index contributed by atoms with van der Waals surface area (Å²) in [6.45, 7) is 6.25. The van der Waals surface area contributed by atoms with Crippen LogP contribution in [0.4, 0.5) is 5.82 Å². The van der Waals surface area contributed by atoms with Crippen LogP contribution in [-0.4, -0.2) is 9.78 Å². The number of anilines is 1. The van der Waals surface area contributed by atoms with Gasteiger partial charge in [-0.1, -0.05) is 6.08 Å². The number of nitrogens with two attached hydrogens (primary N) is 1. The van der Waals surface area contributed by atoms with Gasteiger partial charge in [0.1, 0.15) is 5.82 Å². The summed E-state index contributed by atoms with van der Waals surface area (Å²) in [5, 5.41) is 4.02. The Balaban J connectivity index is 2.86. The van der Waals surface area contributed by atoms with Crippen molar-refractivity contribution in [2.24, 2.45) is 0 Å². The fraction of sp³-hybridized carbons (Fsp3) is 0.286. The van der Waals surface area contributed by atoms with E-state index in [-0.39, 0.29) is 0 Å². The second kappa shape index (κ2) is 2.56. The molecule has 3 nitrogen and oxygen atoms in total. The molecule has 0 saturated heterocycles. The molecular weight excluding hydrogens is 126 g/mol. The van der Waals surface area contributed by atoms with Crippen molar-refractivity contribution in [3.8, 4) is 0 Å². The van der Waals surface area contributed by atoms with Crippen LogP contribution in [0.2, 0.25) is 0 Å². The van der Waals surface area contributed by atoms with Gasteiger partial charge in [0.2, 0.25) is 0 Å². The molecule has 0 saturated carbocycles. The number of allylic oxidation sites excluding steroid dienone is 1. The fourth-order valence-corrected chi connectivity index (χ4v) is 0.762. The van der Waals surface area contributed by atoms with Gasteiger partial charge < -0.3 is 5.73 Å². The number of aryl methyl sites for hydroxylation is 1. The molecule has 3 heteroatoms. The number of rotatable bonds is 2. The van der Waals surface area contributed by atoms with E-state index >= 15 is 0 Å². The molecule has 2 N–H and O–H groups in total. The first-order valence-corrected chi connectivity index (χ1v) is 3.14. The summed E-state index contributed by atoms with van der Waals surface area (Å²) in [4.78, 5) is 0. The van der Waals surface area contributed by atoms with Gasteiger partial charge in [-0.2, -0.15) is 5.10 Å². The summed E-state index contributed by atoms with van der Waals surface area (Å²) in [7, 11) is 0. The zero-order chi connectivity index (χ0) is 7.56. The molecule has 1 aromatic heterocycles. The minimum absolute atomic E-state index is 0.599. The number of aromatic nitrogens is 2. The zero-order valence-electron chi connectivity index (χ0n) is 6.04. The van der Waals surface area contributed by atoms with Gasteiger partial charge in [0, 0.05) is 11.8 Å². The maximum absolute atomic E-state index is 5.50.